The third-order valence-corrected chi connectivity index (χ3v) is 4.04. The Bertz CT molecular complexity index is 400. The van der Waals surface area contributed by atoms with Crippen LogP contribution in [0.3, 0.4) is 0 Å². The molecule has 0 spiro atoms. The van der Waals surface area contributed by atoms with Crippen LogP contribution in [0.25, 0.3) is 0 Å². The number of ether oxygens (including phenoxy) is 2. The monoisotopic (exact) mass is 279 g/mol. The van der Waals surface area contributed by atoms with E-state index in [1.165, 1.54) is 0 Å². The maximum Gasteiger partial charge on any atom is 0.316 e. The van der Waals surface area contributed by atoms with Crippen molar-refractivity contribution in [2.24, 2.45) is 0 Å². The molecule has 1 saturated heterocycles. The van der Waals surface area contributed by atoms with Gasteiger partial charge >= 0.3 is 6.01 Å². The molecule has 0 aromatic carbocycles. The maximum absolute atomic E-state index is 5.61. The zero-order chi connectivity index (χ0) is 14.4. The van der Waals surface area contributed by atoms with E-state index in [1.807, 2.05) is 12.4 Å². The van der Waals surface area contributed by atoms with E-state index in [1.54, 1.807) is 0 Å². The molecule has 0 atom stereocenters. The molecule has 1 aromatic rings. The van der Waals surface area contributed by atoms with Gasteiger partial charge < -0.3 is 9.47 Å². The van der Waals surface area contributed by atoms with Crippen LogP contribution >= 0.6 is 0 Å². The molecule has 112 valence electrons. The summed E-state index contributed by atoms with van der Waals surface area (Å²) in [6, 6.07) is 0.467. The van der Waals surface area contributed by atoms with Gasteiger partial charge in [0.05, 0.1) is 13.2 Å². The fourth-order valence-electron chi connectivity index (χ4n) is 2.04. The van der Waals surface area contributed by atoms with E-state index in [9.17, 15) is 0 Å². The number of hydrogen-bond acceptors (Lipinski definition) is 5. The number of nitrogens with zero attached hydrogens (tertiary/aromatic N) is 3. The lowest BCUT2D eigenvalue weighted by molar-refractivity contribution is 0.0317. The van der Waals surface area contributed by atoms with Crippen LogP contribution in [0.4, 0.5) is 0 Å². The van der Waals surface area contributed by atoms with Crippen LogP contribution in [0.2, 0.25) is 0 Å². The Labute approximate surface area is 121 Å². The van der Waals surface area contributed by atoms with Crippen molar-refractivity contribution < 1.29 is 9.47 Å². The average Bonchev–Trinajstić information content (AvgIpc) is 2.49. The van der Waals surface area contributed by atoms with Crippen molar-refractivity contribution in [3.63, 3.8) is 0 Å². The van der Waals surface area contributed by atoms with Crippen LogP contribution in [0.5, 0.6) is 6.01 Å². The molecule has 1 aromatic heterocycles. The van der Waals surface area contributed by atoms with Gasteiger partial charge in [0, 0.05) is 32.0 Å². The third kappa shape index (κ3) is 4.15. The first kappa shape index (κ1) is 15.2. The highest BCUT2D eigenvalue weighted by molar-refractivity contribution is 5.17. The quantitative estimate of drug-likeness (QED) is 0.795. The van der Waals surface area contributed by atoms with Gasteiger partial charge in [0.1, 0.15) is 6.61 Å². The molecule has 5 nitrogen and oxygen atoms in total. The van der Waals surface area contributed by atoms with Crippen LogP contribution in [0.15, 0.2) is 12.4 Å². The van der Waals surface area contributed by atoms with Crippen molar-refractivity contribution in [3.05, 3.63) is 18.0 Å². The normalized spacial score (nSPS) is 17.1. The SMILES string of the molecule is CCC(C)(C)c1cnc(OCCN2CCOCC2)nc1. The van der Waals surface area contributed by atoms with Gasteiger partial charge in [-0.15, -0.1) is 0 Å². The second kappa shape index (κ2) is 6.99. The lowest BCUT2D eigenvalue weighted by atomic mass is 9.84. The van der Waals surface area contributed by atoms with Crippen molar-refractivity contribution in [2.45, 2.75) is 32.6 Å². The smallest absolute Gasteiger partial charge is 0.316 e. The highest BCUT2D eigenvalue weighted by Gasteiger charge is 2.19. The van der Waals surface area contributed by atoms with Crippen LogP contribution in [0, 0.1) is 0 Å². The molecule has 1 aliphatic rings. The summed E-state index contributed by atoms with van der Waals surface area (Å²) in [6.45, 7) is 11.7. The Morgan fingerprint density at radius 3 is 2.50 bits per heavy atom. The molecule has 0 aliphatic carbocycles. The van der Waals surface area contributed by atoms with E-state index >= 15 is 0 Å². The predicted molar refractivity (Wildman–Crippen MR) is 78.1 cm³/mol. The second-order valence-electron chi connectivity index (χ2n) is 5.79. The Kier molecular flexibility index (Phi) is 5.31. The predicted octanol–water partition coefficient (Wildman–Crippen LogP) is 1.88. The molecular weight excluding hydrogens is 254 g/mol. The maximum atomic E-state index is 5.61. The molecular formula is C15H25N3O2. The first-order chi connectivity index (χ1) is 9.62. The first-order valence-corrected chi connectivity index (χ1v) is 7.37. The Hall–Kier alpha value is -1.20. The standard InChI is InChI=1S/C15H25N3O2/c1-4-15(2,3)13-11-16-14(17-12-13)20-10-7-18-5-8-19-9-6-18/h11-12H,4-10H2,1-3H3. The molecule has 2 rings (SSSR count). The number of aromatic nitrogens is 2. The van der Waals surface area contributed by atoms with Crippen molar-refractivity contribution in [3.8, 4) is 6.01 Å². The van der Waals surface area contributed by atoms with Gasteiger partial charge in [0.25, 0.3) is 0 Å². The largest absolute Gasteiger partial charge is 0.462 e. The van der Waals surface area contributed by atoms with Gasteiger partial charge in [-0.1, -0.05) is 20.8 Å². The van der Waals surface area contributed by atoms with Crippen LogP contribution in [0.1, 0.15) is 32.8 Å². The Morgan fingerprint density at radius 1 is 1.25 bits per heavy atom. The number of hydrogen-bond donors (Lipinski definition) is 0. The fraction of sp³-hybridized carbons (Fsp3) is 0.733. The van der Waals surface area contributed by atoms with E-state index in [-0.39, 0.29) is 5.41 Å². The summed E-state index contributed by atoms with van der Waals surface area (Å²) < 4.78 is 10.9. The molecule has 2 heterocycles. The molecule has 0 bridgehead atoms. The lowest BCUT2D eigenvalue weighted by Crippen LogP contribution is -2.38. The summed E-state index contributed by atoms with van der Waals surface area (Å²) in [6.07, 6.45) is 4.81. The summed E-state index contributed by atoms with van der Waals surface area (Å²) in [7, 11) is 0. The van der Waals surface area contributed by atoms with Gasteiger partial charge in [0.15, 0.2) is 0 Å². The molecule has 0 saturated carbocycles. The van der Waals surface area contributed by atoms with E-state index < -0.39 is 0 Å². The van der Waals surface area contributed by atoms with Crippen LogP contribution in [-0.2, 0) is 10.2 Å². The van der Waals surface area contributed by atoms with Gasteiger partial charge in [-0.05, 0) is 17.4 Å². The van der Waals surface area contributed by atoms with Gasteiger partial charge in [-0.3, -0.25) is 4.90 Å². The Balaban J connectivity index is 1.79. The average molecular weight is 279 g/mol. The molecule has 20 heavy (non-hydrogen) atoms. The summed E-state index contributed by atoms with van der Waals surface area (Å²) in [5.41, 5.74) is 1.27. The summed E-state index contributed by atoms with van der Waals surface area (Å²) in [5.74, 6) is 0. The van der Waals surface area contributed by atoms with Crippen LogP contribution < -0.4 is 4.74 Å². The highest BCUT2D eigenvalue weighted by Crippen LogP contribution is 2.25. The minimum Gasteiger partial charge on any atom is -0.462 e. The van der Waals surface area contributed by atoms with E-state index in [0.717, 1.165) is 44.8 Å². The molecule has 1 fully saturated rings. The van der Waals surface area contributed by atoms with Gasteiger partial charge in [0.2, 0.25) is 0 Å². The second-order valence-corrected chi connectivity index (χ2v) is 5.79. The first-order valence-electron chi connectivity index (χ1n) is 7.37. The van der Waals surface area contributed by atoms with Crippen molar-refractivity contribution in [1.82, 2.24) is 14.9 Å². The van der Waals surface area contributed by atoms with E-state index in [0.29, 0.717) is 12.6 Å². The number of rotatable bonds is 6. The minimum atomic E-state index is 0.117. The molecule has 5 heteroatoms. The molecule has 0 N–H and O–H groups in total. The van der Waals surface area contributed by atoms with E-state index in [2.05, 4.69) is 35.6 Å². The third-order valence-electron chi connectivity index (χ3n) is 4.04. The summed E-state index contributed by atoms with van der Waals surface area (Å²) >= 11 is 0. The van der Waals surface area contributed by atoms with Gasteiger partial charge in [-0.2, -0.15) is 0 Å². The topological polar surface area (TPSA) is 47.5 Å². The zero-order valence-electron chi connectivity index (χ0n) is 12.8. The van der Waals surface area contributed by atoms with Crippen molar-refractivity contribution in [1.29, 1.82) is 0 Å². The minimum absolute atomic E-state index is 0.117. The fourth-order valence-corrected chi connectivity index (χ4v) is 2.04. The summed E-state index contributed by atoms with van der Waals surface area (Å²) in [5, 5.41) is 0. The highest BCUT2D eigenvalue weighted by atomic mass is 16.5. The summed E-state index contributed by atoms with van der Waals surface area (Å²) in [4.78, 5) is 10.9. The molecule has 1 aliphatic heterocycles. The molecule has 0 unspecified atom stereocenters. The van der Waals surface area contributed by atoms with E-state index in [4.69, 9.17) is 9.47 Å². The van der Waals surface area contributed by atoms with Crippen molar-refractivity contribution in [2.75, 3.05) is 39.5 Å². The molecule has 0 amide bonds. The molecule has 0 radical (unpaired) electrons. The van der Waals surface area contributed by atoms with Crippen LogP contribution in [-0.4, -0.2) is 54.3 Å². The Morgan fingerprint density at radius 2 is 1.90 bits per heavy atom. The number of morpholine rings is 1. The lowest BCUT2D eigenvalue weighted by Gasteiger charge is -2.26. The van der Waals surface area contributed by atoms with Crippen molar-refractivity contribution >= 4 is 0 Å². The zero-order valence-corrected chi connectivity index (χ0v) is 12.8. The van der Waals surface area contributed by atoms with Gasteiger partial charge in [-0.25, -0.2) is 9.97 Å².